The van der Waals surface area contributed by atoms with Crippen LogP contribution in [0.4, 0.5) is 16.2 Å². The van der Waals surface area contributed by atoms with Gasteiger partial charge >= 0.3 is 6.03 Å². The Morgan fingerprint density at radius 3 is 2.66 bits per heavy atom. The molecular weight excluding hydrogens is 412 g/mol. The fraction of sp³-hybridized carbons (Fsp3) is 0.391. The van der Waals surface area contributed by atoms with Gasteiger partial charge in [0.1, 0.15) is 11.5 Å². The summed E-state index contributed by atoms with van der Waals surface area (Å²) in [4.78, 5) is 23.2. The Morgan fingerprint density at radius 1 is 1.25 bits per heavy atom. The normalized spacial score (nSPS) is 15.7. The zero-order valence-corrected chi connectivity index (χ0v) is 18.7. The molecule has 0 saturated carbocycles. The van der Waals surface area contributed by atoms with Gasteiger partial charge in [-0.05, 0) is 62.1 Å². The van der Waals surface area contributed by atoms with E-state index >= 15 is 0 Å². The zero-order chi connectivity index (χ0) is 23.5. The molecule has 0 fully saturated rings. The summed E-state index contributed by atoms with van der Waals surface area (Å²) in [5.74, 6) is -0.791. The summed E-state index contributed by atoms with van der Waals surface area (Å²) in [7, 11) is 0. The highest BCUT2D eigenvalue weighted by Crippen LogP contribution is 2.38. The number of primary amides is 1. The Kier molecular flexibility index (Phi) is 6.90. The summed E-state index contributed by atoms with van der Waals surface area (Å²) in [6.07, 6.45) is 0.667. The fourth-order valence-electron chi connectivity index (χ4n) is 3.51. The Morgan fingerprint density at radius 2 is 2.00 bits per heavy atom. The van der Waals surface area contributed by atoms with Crippen LogP contribution in [0.15, 0.2) is 30.3 Å². The van der Waals surface area contributed by atoms with E-state index in [2.05, 4.69) is 16.0 Å². The second-order valence-electron chi connectivity index (χ2n) is 7.99. The zero-order valence-electron chi connectivity index (χ0n) is 18.7. The monoisotopic (exact) mass is 442 g/mol. The molecular formula is C23H30N4O5. The van der Waals surface area contributed by atoms with Gasteiger partial charge in [-0.2, -0.15) is 0 Å². The maximum atomic E-state index is 11.9. The van der Waals surface area contributed by atoms with Crippen LogP contribution in [-0.4, -0.2) is 29.2 Å². The van der Waals surface area contributed by atoms with Crippen LogP contribution in [0.25, 0.3) is 0 Å². The first-order chi connectivity index (χ1) is 15.1. The number of carbonyl (C=O) groups excluding carboxylic acids is 2. The average molecular weight is 443 g/mol. The summed E-state index contributed by atoms with van der Waals surface area (Å²) in [6, 6.07) is 8.16. The molecule has 0 saturated heterocycles. The topological polar surface area (TPSA) is 135 Å². The molecule has 3 rings (SSSR count). The van der Waals surface area contributed by atoms with Crippen LogP contribution in [0.2, 0.25) is 0 Å². The van der Waals surface area contributed by atoms with Crippen LogP contribution >= 0.6 is 0 Å². The average Bonchev–Trinajstić information content (AvgIpc) is 2.71. The van der Waals surface area contributed by atoms with Gasteiger partial charge in [0, 0.05) is 18.9 Å². The van der Waals surface area contributed by atoms with Crippen molar-refractivity contribution in [3.63, 3.8) is 0 Å². The molecule has 9 heteroatoms. The van der Waals surface area contributed by atoms with E-state index in [1.54, 1.807) is 18.2 Å². The van der Waals surface area contributed by atoms with Crippen molar-refractivity contribution in [3.05, 3.63) is 47.0 Å². The van der Waals surface area contributed by atoms with E-state index in [0.717, 1.165) is 16.7 Å². The molecule has 0 radical (unpaired) electrons. The molecule has 0 spiro atoms. The Bertz CT molecular complexity index is 1020. The van der Waals surface area contributed by atoms with Crippen molar-refractivity contribution >= 4 is 23.3 Å². The lowest BCUT2D eigenvalue weighted by Crippen LogP contribution is -2.54. The molecule has 1 aliphatic rings. The molecule has 0 bridgehead atoms. The van der Waals surface area contributed by atoms with Gasteiger partial charge < -0.3 is 30.9 Å². The maximum Gasteiger partial charge on any atom is 0.316 e. The third kappa shape index (κ3) is 5.68. The van der Waals surface area contributed by atoms with Crippen LogP contribution < -0.4 is 31.2 Å². The molecule has 1 aliphatic heterocycles. The first-order valence-electron chi connectivity index (χ1n) is 10.5. The number of amides is 3. The predicted octanol–water partition coefficient (Wildman–Crippen LogP) is 3.13. The van der Waals surface area contributed by atoms with E-state index in [4.69, 9.17) is 15.2 Å². The van der Waals surface area contributed by atoms with Gasteiger partial charge in [-0.1, -0.05) is 13.0 Å². The lowest BCUT2D eigenvalue weighted by atomic mass is 10.0. The Labute approximate surface area is 187 Å². The molecule has 6 N–H and O–H groups in total. The van der Waals surface area contributed by atoms with Crippen LogP contribution in [0.5, 0.6) is 11.5 Å². The van der Waals surface area contributed by atoms with Gasteiger partial charge in [-0.15, -0.1) is 0 Å². The molecule has 2 aromatic rings. The standard InChI is InChI=1S/C23H30N4O5/c1-5-20(27-23(4,30)32-15-7-6-13(2)14(3)12-15)31-18-10-9-17(25-22(24)29)21-16(18)8-11-19(28)26-21/h6-7,9-10,12,20,27,30H,5,8,11H2,1-4H3,(H,26,28)(H3,24,25,29). The number of hydrogen-bond donors (Lipinski definition) is 5. The number of benzene rings is 2. The van der Waals surface area contributed by atoms with Crippen molar-refractivity contribution in [2.75, 3.05) is 10.6 Å². The molecule has 1 heterocycles. The summed E-state index contributed by atoms with van der Waals surface area (Å²) < 4.78 is 11.9. The van der Waals surface area contributed by atoms with Gasteiger partial charge in [0.15, 0.2) is 6.23 Å². The minimum absolute atomic E-state index is 0.155. The molecule has 0 aromatic heterocycles. The molecule has 0 aliphatic carbocycles. The number of hydrogen-bond acceptors (Lipinski definition) is 6. The molecule has 2 aromatic carbocycles. The molecule has 172 valence electrons. The second-order valence-corrected chi connectivity index (χ2v) is 7.99. The van der Waals surface area contributed by atoms with Gasteiger partial charge in [-0.25, -0.2) is 10.1 Å². The highest BCUT2D eigenvalue weighted by molar-refractivity contribution is 6.02. The van der Waals surface area contributed by atoms with Crippen molar-refractivity contribution in [3.8, 4) is 11.5 Å². The molecule has 9 nitrogen and oxygen atoms in total. The summed E-state index contributed by atoms with van der Waals surface area (Å²) in [6.45, 7) is 7.38. The van der Waals surface area contributed by atoms with E-state index in [-0.39, 0.29) is 5.91 Å². The number of urea groups is 1. The van der Waals surface area contributed by atoms with Crippen LogP contribution in [0.1, 0.15) is 43.4 Å². The summed E-state index contributed by atoms with van der Waals surface area (Å²) in [5.41, 5.74) is 9.03. The lowest BCUT2D eigenvalue weighted by Gasteiger charge is -2.32. The maximum absolute atomic E-state index is 11.9. The largest absolute Gasteiger partial charge is 0.475 e. The smallest absolute Gasteiger partial charge is 0.316 e. The second kappa shape index (κ2) is 9.46. The molecule has 3 amide bonds. The third-order valence-corrected chi connectivity index (χ3v) is 5.26. The van der Waals surface area contributed by atoms with Gasteiger partial charge in [0.25, 0.3) is 5.91 Å². The summed E-state index contributed by atoms with van der Waals surface area (Å²) in [5, 5.41) is 19.1. The van der Waals surface area contributed by atoms with Gasteiger partial charge in [0.2, 0.25) is 5.91 Å². The molecule has 2 atom stereocenters. The number of carbonyl (C=O) groups is 2. The van der Waals surface area contributed by atoms with Crippen LogP contribution in [-0.2, 0) is 11.2 Å². The number of nitrogens with one attached hydrogen (secondary N) is 3. The molecule has 2 unspecified atom stereocenters. The van der Waals surface area contributed by atoms with E-state index in [1.165, 1.54) is 6.92 Å². The summed E-state index contributed by atoms with van der Waals surface area (Å²) >= 11 is 0. The quantitative estimate of drug-likeness (QED) is 0.399. The van der Waals surface area contributed by atoms with Crippen LogP contribution in [0.3, 0.4) is 0 Å². The molecule has 32 heavy (non-hydrogen) atoms. The number of aliphatic hydroxyl groups is 1. The van der Waals surface area contributed by atoms with Gasteiger partial charge in [0.05, 0.1) is 11.4 Å². The van der Waals surface area contributed by atoms with Crippen molar-refractivity contribution < 1.29 is 24.2 Å². The highest BCUT2D eigenvalue weighted by atomic mass is 16.6. The number of fused-ring (bicyclic) bond motifs is 1. The van der Waals surface area contributed by atoms with E-state index in [9.17, 15) is 14.7 Å². The van der Waals surface area contributed by atoms with Gasteiger partial charge in [-0.3, -0.25) is 4.79 Å². The predicted molar refractivity (Wildman–Crippen MR) is 122 cm³/mol. The minimum atomic E-state index is -1.69. The number of rotatable bonds is 8. The minimum Gasteiger partial charge on any atom is -0.475 e. The number of nitrogens with two attached hydrogens (primary N) is 1. The van der Waals surface area contributed by atoms with E-state index < -0.39 is 18.2 Å². The van der Waals surface area contributed by atoms with Crippen LogP contribution in [0, 0.1) is 13.8 Å². The van der Waals surface area contributed by atoms with Crippen molar-refractivity contribution in [1.82, 2.24) is 5.32 Å². The first kappa shape index (κ1) is 23.4. The number of anilines is 2. The fourth-order valence-corrected chi connectivity index (χ4v) is 3.51. The SMILES string of the molecule is CCC(NC(C)(O)Oc1ccc(C)c(C)c1)Oc1ccc(NC(N)=O)c2c1CCC(=O)N2. The Balaban J connectivity index is 1.78. The van der Waals surface area contributed by atoms with Crippen molar-refractivity contribution in [1.29, 1.82) is 0 Å². The lowest BCUT2D eigenvalue weighted by molar-refractivity contribution is -0.168. The van der Waals surface area contributed by atoms with Crippen molar-refractivity contribution in [2.24, 2.45) is 5.73 Å². The highest BCUT2D eigenvalue weighted by Gasteiger charge is 2.29. The van der Waals surface area contributed by atoms with E-state index in [0.29, 0.717) is 42.1 Å². The number of aryl methyl sites for hydroxylation is 2. The number of ether oxygens (including phenoxy) is 2. The third-order valence-electron chi connectivity index (χ3n) is 5.26. The van der Waals surface area contributed by atoms with Crippen molar-refractivity contribution in [2.45, 2.75) is 59.1 Å². The van der Waals surface area contributed by atoms with E-state index in [1.807, 2.05) is 32.9 Å². The first-order valence-corrected chi connectivity index (χ1v) is 10.5. The Hall–Kier alpha value is -3.30.